The molecule has 2 aromatic carbocycles. The number of nitrogens with one attached hydrogen (secondary N) is 1. The molecule has 0 saturated carbocycles. The van der Waals surface area contributed by atoms with Gasteiger partial charge in [0.1, 0.15) is 5.75 Å². The second-order valence-corrected chi connectivity index (χ2v) is 7.77. The van der Waals surface area contributed by atoms with Gasteiger partial charge >= 0.3 is 0 Å². The molecular weight excluding hydrogens is 342 g/mol. The molecule has 1 aliphatic rings. The van der Waals surface area contributed by atoms with Crippen molar-refractivity contribution in [1.29, 1.82) is 0 Å². The topological polar surface area (TPSA) is 73.9 Å². The molecular formula is C18H21NO5S. The number of aryl methyl sites for hydroxylation is 1. The van der Waals surface area contributed by atoms with Crippen molar-refractivity contribution in [2.24, 2.45) is 0 Å². The van der Waals surface area contributed by atoms with Gasteiger partial charge in [-0.05, 0) is 31.0 Å². The van der Waals surface area contributed by atoms with Gasteiger partial charge in [0.25, 0.3) is 0 Å². The molecule has 1 heterocycles. The normalized spacial score (nSPS) is 13.0. The van der Waals surface area contributed by atoms with Gasteiger partial charge in [-0.3, -0.25) is 0 Å². The number of hydrogen-bond donors (Lipinski definition) is 1. The van der Waals surface area contributed by atoms with Crippen molar-refractivity contribution in [2.75, 3.05) is 19.2 Å². The number of fused-ring (bicyclic) bond motifs is 1. The molecule has 0 amide bonds. The maximum atomic E-state index is 12.0. The summed E-state index contributed by atoms with van der Waals surface area (Å²) < 4.78 is 42.7. The predicted molar refractivity (Wildman–Crippen MR) is 94.5 cm³/mol. The summed E-state index contributed by atoms with van der Waals surface area (Å²) in [5.74, 6) is 1.98. The van der Waals surface area contributed by atoms with E-state index in [1.807, 2.05) is 31.2 Å². The Labute approximate surface area is 147 Å². The van der Waals surface area contributed by atoms with Gasteiger partial charge < -0.3 is 14.2 Å². The summed E-state index contributed by atoms with van der Waals surface area (Å²) in [5, 5.41) is 0. The molecule has 0 saturated heterocycles. The van der Waals surface area contributed by atoms with Crippen LogP contribution >= 0.6 is 0 Å². The van der Waals surface area contributed by atoms with Gasteiger partial charge in [0.2, 0.25) is 16.8 Å². The van der Waals surface area contributed by atoms with Crippen LogP contribution in [0, 0.1) is 6.92 Å². The monoisotopic (exact) mass is 363 g/mol. The molecule has 6 nitrogen and oxygen atoms in total. The van der Waals surface area contributed by atoms with Gasteiger partial charge in [0, 0.05) is 12.6 Å². The zero-order chi connectivity index (χ0) is 17.7. The van der Waals surface area contributed by atoms with E-state index in [0.717, 1.165) is 11.1 Å². The molecule has 2 aromatic rings. The summed E-state index contributed by atoms with van der Waals surface area (Å²) in [6, 6.07) is 13.1. The average Bonchev–Trinajstić information content (AvgIpc) is 3.06. The minimum atomic E-state index is -3.33. The number of benzene rings is 2. The third-order valence-electron chi connectivity index (χ3n) is 3.79. The molecule has 0 radical (unpaired) electrons. The Balaban J connectivity index is 1.40. The number of hydrogen-bond acceptors (Lipinski definition) is 5. The van der Waals surface area contributed by atoms with Crippen LogP contribution < -0.4 is 18.9 Å². The van der Waals surface area contributed by atoms with E-state index in [-0.39, 0.29) is 12.5 Å². The van der Waals surface area contributed by atoms with Gasteiger partial charge in [-0.25, -0.2) is 13.1 Å². The highest BCUT2D eigenvalue weighted by molar-refractivity contribution is 7.89. The molecule has 25 heavy (non-hydrogen) atoms. The molecule has 1 N–H and O–H groups in total. The van der Waals surface area contributed by atoms with Crippen LogP contribution in [0.4, 0.5) is 0 Å². The van der Waals surface area contributed by atoms with Crippen molar-refractivity contribution in [3.05, 3.63) is 53.6 Å². The van der Waals surface area contributed by atoms with Crippen molar-refractivity contribution >= 4 is 10.0 Å². The number of rotatable bonds is 8. The lowest BCUT2D eigenvalue weighted by Gasteiger charge is -2.09. The Hall–Kier alpha value is -2.25. The lowest BCUT2D eigenvalue weighted by atomic mass is 10.2. The van der Waals surface area contributed by atoms with Crippen LogP contribution in [-0.4, -0.2) is 27.6 Å². The molecule has 0 bridgehead atoms. The average molecular weight is 363 g/mol. The number of ether oxygens (including phenoxy) is 3. The smallest absolute Gasteiger partial charge is 0.231 e. The lowest BCUT2D eigenvalue weighted by molar-refractivity contribution is 0.173. The van der Waals surface area contributed by atoms with E-state index in [4.69, 9.17) is 14.2 Å². The number of sulfonamides is 1. The summed E-state index contributed by atoms with van der Waals surface area (Å²) >= 11 is 0. The maximum Gasteiger partial charge on any atom is 0.231 e. The van der Waals surface area contributed by atoms with Crippen LogP contribution in [0.25, 0.3) is 0 Å². The first-order valence-electron chi connectivity index (χ1n) is 8.07. The second kappa shape index (κ2) is 7.76. The summed E-state index contributed by atoms with van der Waals surface area (Å²) in [6.07, 6.45) is 0.400. The van der Waals surface area contributed by atoms with Crippen molar-refractivity contribution in [1.82, 2.24) is 4.72 Å². The summed E-state index contributed by atoms with van der Waals surface area (Å²) in [7, 11) is -3.33. The fourth-order valence-electron chi connectivity index (χ4n) is 2.38. The van der Waals surface area contributed by atoms with E-state index in [1.165, 1.54) is 0 Å². The SMILES string of the molecule is Cc1ccc(CNS(=O)(=O)CCCOc2ccc3c(c2)OCO3)cc1. The summed E-state index contributed by atoms with van der Waals surface area (Å²) in [5.41, 5.74) is 2.08. The summed E-state index contributed by atoms with van der Waals surface area (Å²) in [6.45, 7) is 2.81. The van der Waals surface area contributed by atoms with Crippen molar-refractivity contribution in [3.8, 4) is 17.2 Å². The van der Waals surface area contributed by atoms with Gasteiger partial charge in [0.05, 0.1) is 12.4 Å². The molecule has 0 atom stereocenters. The highest BCUT2D eigenvalue weighted by Crippen LogP contribution is 2.35. The Morgan fingerprint density at radius 2 is 1.84 bits per heavy atom. The Morgan fingerprint density at radius 1 is 1.08 bits per heavy atom. The molecule has 134 valence electrons. The minimum Gasteiger partial charge on any atom is -0.493 e. The fourth-order valence-corrected chi connectivity index (χ4v) is 3.41. The molecule has 0 aromatic heterocycles. The van der Waals surface area contributed by atoms with Crippen molar-refractivity contribution in [2.45, 2.75) is 19.9 Å². The minimum absolute atomic E-state index is 0.0173. The molecule has 3 rings (SSSR count). The molecule has 0 aliphatic carbocycles. The molecule has 1 aliphatic heterocycles. The Kier molecular flexibility index (Phi) is 5.45. The van der Waals surface area contributed by atoms with Gasteiger partial charge in [-0.1, -0.05) is 29.8 Å². The van der Waals surface area contributed by atoms with Crippen LogP contribution in [0.1, 0.15) is 17.5 Å². The quantitative estimate of drug-likeness (QED) is 0.730. The maximum absolute atomic E-state index is 12.0. The van der Waals surface area contributed by atoms with Gasteiger partial charge in [-0.15, -0.1) is 0 Å². The van der Waals surface area contributed by atoms with E-state index >= 15 is 0 Å². The molecule has 0 unspecified atom stereocenters. The van der Waals surface area contributed by atoms with E-state index in [1.54, 1.807) is 18.2 Å². The van der Waals surface area contributed by atoms with Crippen LogP contribution in [0.15, 0.2) is 42.5 Å². The highest BCUT2D eigenvalue weighted by Gasteiger charge is 2.14. The van der Waals surface area contributed by atoms with Crippen molar-refractivity contribution in [3.63, 3.8) is 0 Å². The van der Waals surface area contributed by atoms with E-state index in [0.29, 0.717) is 36.8 Å². The second-order valence-electron chi connectivity index (χ2n) is 5.84. The summed E-state index contributed by atoms with van der Waals surface area (Å²) in [4.78, 5) is 0. The van der Waals surface area contributed by atoms with Crippen molar-refractivity contribution < 1.29 is 22.6 Å². The zero-order valence-electron chi connectivity index (χ0n) is 14.0. The Bertz CT molecular complexity index is 818. The predicted octanol–water partition coefficient (Wildman–Crippen LogP) is 2.61. The van der Waals surface area contributed by atoms with Crippen LogP contribution in [-0.2, 0) is 16.6 Å². The van der Waals surface area contributed by atoms with Crippen LogP contribution in [0.3, 0.4) is 0 Å². The first kappa shape index (κ1) is 17.6. The first-order valence-corrected chi connectivity index (χ1v) is 9.72. The zero-order valence-corrected chi connectivity index (χ0v) is 14.8. The van der Waals surface area contributed by atoms with E-state index in [2.05, 4.69) is 4.72 Å². The fraction of sp³-hybridized carbons (Fsp3) is 0.333. The van der Waals surface area contributed by atoms with Gasteiger partial charge in [-0.2, -0.15) is 0 Å². The molecule has 7 heteroatoms. The highest BCUT2D eigenvalue weighted by atomic mass is 32.2. The first-order chi connectivity index (χ1) is 12.0. The third kappa shape index (κ3) is 5.11. The van der Waals surface area contributed by atoms with E-state index in [9.17, 15) is 8.42 Å². The van der Waals surface area contributed by atoms with Crippen LogP contribution in [0.5, 0.6) is 17.2 Å². The standard InChI is InChI=1S/C18H21NO5S/c1-14-3-5-15(6-4-14)12-19-25(20,21)10-2-9-22-16-7-8-17-18(11-16)24-13-23-17/h3-8,11,19H,2,9-10,12-13H2,1H3. The van der Waals surface area contributed by atoms with E-state index < -0.39 is 10.0 Å². The Morgan fingerprint density at radius 3 is 2.64 bits per heavy atom. The van der Waals surface area contributed by atoms with Gasteiger partial charge in [0.15, 0.2) is 11.5 Å². The van der Waals surface area contributed by atoms with Crippen LogP contribution in [0.2, 0.25) is 0 Å². The lowest BCUT2D eigenvalue weighted by Crippen LogP contribution is -2.26. The molecule has 0 spiro atoms. The molecule has 0 fully saturated rings. The largest absolute Gasteiger partial charge is 0.493 e. The third-order valence-corrected chi connectivity index (χ3v) is 5.20.